The highest BCUT2D eigenvalue weighted by Crippen LogP contribution is 2.29. The molecule has 1 rings (SSSR count). The average Bonchev–Trinajstić information content (AvgIpc) is 2.06. The van der Waals surface area contributed by atoms with Gasteiger partial charge in [-0.2, -0.15) is 0 Å². The SMILES string of the molecule is C=CCC(O)C1(C)CCCCO1. The van der Waals surface area contributed by atoms with Crippen LogP contribution in [0, 0.1) is 0 Å². The minimum atomic E-state index is -0.393. The zero-order valence-corrected chi connectivity index (χ0v) is 7.75. The number of hydrogen-bond acceptors (Lipinski definition) is 2. The van der Waals surface area contributed by atoms with Crippen LogP contribution in [-0.2, 0) is 4.74 Å². The molecular formula is C10H18O2. The Morgan fingerprint density at radius 1 is 1.67 bits per heavy atom. The molecular weight excluding hydrogens is 152 g/mol. The Hall–Kier alpha value is -0.340. The van der Waals surface area contributed by atoms with Crippen LogP contribution in [0.3, 0.4) is 0 Å². The largest absolute Gasteiger partial charge is 0.390 e. The standard InChI is InChI=1S/C10H18O2/c1-3-6-9(11)10(2)7-4-5-8-12-10/h3,9,11H,1,4-8H2,2H3. The van der Waals surface area contributed by atoms with Gasteiger partial charge in [-0.1, -0.05) is 6.08 Å². The second kappa shape index (κ2) is 4.06. The summed E-state index contributed by atoms with van der Waals surface area (Å²) in [5, 5.41) is 9.74. The molecule has 0 saturated carbocycles. The van der Waals surface area contributed by atoms with Crippen LogP contribution < -0.4 is 0 Å². The van der Waals surface area contributed by atoms with E-state index in [9.17, 15) is 5.11 Å². The Morgan fingerprint density at radius 3 is 2.92 bits per heavy atom. The Labute approximate surface area is 74.2 Å². The molecule has 2 atom stereocenters. The third kappa shape index (κ3) is 2.08. The van der Waals surface area contributed by atoms with Crippen molar-refractivity contribution in [3.05, 3.63) is 12.7 Å². The van der Waals surface area contributed by atoms with Crippen LogP contribution in [0.15, 0.2) is 12.7 Å². The Kier molecular flexibility index (Phi) is 3.29. The molecule has 2 nitrogen and oxygen atoms in total. The Balaban J connectivity index is 2.49. The molecule has 70 valence electrons. The van der Waals surface area contributed by atoms with Crippen molar-refractivity contribution >= 4 is 0 Å². The van der Waals surface area contributed by atoms with Crippen LogP contribution in [0.1, 0.15) is 32.6 Å². The molecule has 0 bridgehead atoms. The van der Waals surface area contributed by atoms with Gasteiger partial charge in [0, 0.05) is 6.61 Å². The first-order valence-corrected chi connectivity index (χ1v) is 4.62. The fraction of sp³-hybridized carbons (Fsp3) is 0.800. The van der Waals surface area contributed by atoms with E-state index in [1.807, 2.05) is 6.92 Å². The zero-order chi connectivity index (χ0) is 9.03. The molecule has 0 amide bonds. The second-order valence-electron chi connectivity index (χ2n) is 3.66. The summed E-state index contributed by atoms with van der Waals surface area (Å²) in [5.74, 6) is 0. The maximum atomic E-state index is 9.74. The van der Waals surface area contributed by atoms with Gasteiger partial charge in [-0.15, -0.1) is 6.58 Å². The van der Waals surface area contributed by atoms with E-state index < -0.39 is 6.10 Å². The van der Waals surface area contributed by atoms with Gasteiger partial charge in [0.25, 0.3) is 0 Å². The summed E-state index contributed by atoms with van der Waals surface area (Å²) >= 11 is 0. The van der Waals surface area contributed by atoms with Crippen molar-refractivity contribution in [2.75, 3.05) is 6.61 Å². The average molecular weight is 170 g/mol. The lowest BCUT2D eigenvalue weighted by Gasteiger charge is -2.37. The van der Waals surface area contributed by atoms with Crippen LogP contribution in [-0.4, -0.2) is 23.4 Å². The molecule has 1 heterocycles. The summed E-state index contributed by atoms with van der Waals surface area (Å²) < 4.78 is 5.58. The molecule has 0 aliphatic carbocycles. The molecule has 0 aromatic carbocycles. The van der Waals surface area contributed by atoms with E-state index in [-0.39, 0.29) is 5.60 Å². The van der Waals surface area contributed by atoms with Crippen molar-refractivity contribution in [1.29, 1.82) is 0 Å². The van der Waals surface area contributed by atoms with E-state index in [0.29, 0.717) is 6.42 Å². The summed E-state index contributed by atoms with van der Waals surface area (Å²) in [5.41, 5.74) is -0.327. The van der Waals surface area contributed by atoms with Crippen molar-refractivity contribution < 1.29 is 9.84 Å². The highest BCUT2D eigenvalue weighted by Gasteiger charge is 2.34. The molecule has 0 spiro atoms. The van der Waals surface area contributed by atoms with E-state index in [2.05, 4.69) is 6.58 Å². The number of hydrogen-bond donors (Lipinski definition) is 1. The van der Waals surface area contributed by atoms with Crippen molar-refractivity contribution in [2.24, 2.45) is 0 Å². The van der Waals surface area contributed by atoms with Crippen LogP contribution in [0.4, 0.5) is 0 Å². The van der Waals surface area contributed by atoms with Crippen LogP contribution >= 0.6 is 0 Å². The van der Waals surface area contributed by atoms with E-state index in [0.717, 1.165) is 25.9 Å². The Bertz CT molecular complexity index is 148. The number of aliphatic hydroxyl groups excluding tert-OH is 1. The predicted molar refractivity (Wildman–Crippen MR) is 49.0 cm³/mol. The maximum absolute atomic E-state index is 9.74. The first-order valence-electron chi connectivity index (χ1n) is 4.62. The van der Waals surface area contributed by atoms with Gasteiger partial charge in [0.2, 0.25) is 0 Å². The molecule has 0 aromatic rings. The van der Waals surface area contributed by atoms with E-state index >= 15 is 0 Å². The number of ether oxygens (including phenoxy) is 1. The molecule has 2 heteroatoms. The molecule has 1 N–H and O–H groups in total. The first-order chi connectivity index (χ1) is 5.69. The van der Waals surface area contributed by atoms with Crippen molar-refractivity contribution in [3.8, 4) is 0 Å². The lowest BCUT2D eigenvalue weighted by molar-refractivity contribution is -0.134. The normalized spacial score (nSPS) is 32.8. The minimum Gasteiger partial charge on any atom is -0.390 e. The third-order valence-electron chi connectivity index (χ3n) is 2.59. The van der Waals surface area contributed by atoms with Gasteiger partial charge in [-0.3, -0.25) is 0 Å². The molecule has 0 aromatic heterocycles. The third-order valence-corrected chi connectivity index (χ3v) is 2.59. The maximum Gasteiger partial charge on any atom is 0.0915 e. The first kappa shape index (κ1) is 9.75. The molecule has 2 unspecified atom stereocenters. The fourth-order valence-electron chi connectivity index (χ4n) is 1.63. The molecule has 1 aliphatic rings. The fourth-order valence-corrected chi connectivity index (χ4v) is 1.63. The number of rotatable bonds is 3. The smallest absolute Gasteiger partial charge is 0.0915 e. The van der Waals surface area contributed by atoms with Crippen molar-refractivity contribution in [2.45, 2.75) is 44.3 Å². The topological polar surface area (TPSA) is 29.5 Å². The van der Waals surface area contributed by atoms with E-state index in [4.69, 9.17) is 4.74 Å². The minimum absolute atomic E-state index is 0.327. The van der Waals surface area contributed by atoms with Crippen molar-refractivity contribution in [1.82, 2.24) is 0 Å². The summed E-state index contributed by atoms with van der Waals surface area (Å²) in [7, 11) is 0. The summed E-state index contributed by atoms with van der Waals surface area (Å²) in [6.07, 6.45) is 5.21. The number of aliphatic hydroxyl groups is 1. The summed E-state index contributed by atoms with van der Waals surface area (Å²) in [6, 6.07) is 0. The van der Waals surface area contributed by atoms with Gasteiger partial charge in [-0.05, 0) is 32.6 Å². The van der Waals surface area contributed by atoms with E-state index in [1.165, 1.54) is 0 Å². The lowest BCUT2D eigenvalue weighted by atomic mass is 9.88. The van der Waals surface area contributed by atoms with Crippen molar-refractivity contribution in [3.63, 3.8) is 0 Å². The van der Waals surface area contributed by atoms with Crippen LogP contribution in [0.5, 0.6) is 0 Å². The van der Waals surface area contributed by atoms with Crippen LogP contribution in [0.25, 0.3) is 0 Å². The molecule has 0 radical (unpaired) electrons. The highest BCUT2D eigenvalue weighted by atomic mass is 16.5. The van der Waals surface area contributed by atoms with Gasteiger partial charge in [0.05, 0.1) is 11.7 Å². The second-order valence-corrected chi connectivity index (χ2v) is 3.66. The summed E-state index contributed by atoms with van der Waals surface area (Å²) in [4.78, 5) is 0. The van der Waals surface area contributed by atoms with Gasteiger partial charge < -0.3 is 9.84 Å². The van der Waals surface area contributed by atoms with Gasteiger partial charge in [-0.25, -0.2) is 0 Å². The van der Waals surface area contributed by atoms with Gasteiger partial charge >= 0.3 is 0 Å². The Morgan fingerprint density at radius 2 is 2.42 bits per heavy atom. The predicted octanol–water partition coefficient (Wildman–Crippen LogP) is 1.88. The summed E-state index contributed by atoms with van der Waals surface area (Å²) in [6.45, 7) is 6.38. The quantitative estimate of drug-likeness (QED) is 0.655. The molecule has 1 saturated heterocycles. The van der Waals surface area contributed by atoms with Gasteiger partial charge in [0.1, 0.15) is 0 Å². The monoisotopic (exact) mass is 170 g/mol. The highest BCUT2D eigenvalue weighted by molar-refractivity contribution is 4.89. The molecule has 12 heavy (non-hydrogen) atoms. The molecule has 1 aliphatic heterocycles. The van der Waals surface area contributed by atoms with E-state index in [1.54, 1.807) is 6.08 Å². The molecule has 1 fully saturated rings. The zero-order valence-electron chi connectivity index (χ0n) is 7.75. The lowest BCUT2D eigenvalue weighted by Crippen LogP contribution is -2.44. The van der Waals surface area contributed by atoms with Gasteiger partial charge in [0.15, 0.2) is 0 Å². The van der Waals surface area contributed by atoms with Crippen LogP contribution in [0.2, 0.25) is 0 Å².